The third-order valence-corrected chi connectivity index (χ3v) is 2.95. The van der Waals surface area contributed by atoms with E-state index in [0.717, 1.165) is 18.4 Å². The molecule has 0 aliphatic rings. The van der Waals surface area contributed by atoms with E-state index in [2.05, 4.69) is 12.1 Å². The molecule has 1 heterocycles. The van der Waals surface area contributed by atoms with Crippen molar-refractivity contribution >= 4 is 0 Å². The lowest BCUT2D eigenvalue weighted by Crippen LogP contribution is -2.08. The Morgan fingerprint density at radius 2 is 2.17 bits per heavy atom. The van der Waals surface area contributed by atoms with Gasteiger partial charge in [0, 0.05) is 11.6 Å². The summed E-state index contributed by atoms with van der Waals surface area (Å²) in [7, 11) is 0. The molecule has 0 fully saturated rings. The van der Waals surface area contributed by atoms with Crippen molar-refractivity contribution < 1.29 is 8.91 Å². The third kappa shape index (κ3) is 2.59. The first kappa shape index (κ1) is 12.8. The van der Waals surface area contributed by atoms with Gasteiger partial charge in [0.2, 0.25) is 0 Å². The van der Waals surface area contributed by atoms with E-state index in [1.165, 1.54) is 6.07 Å². The highest BCUT2D eigenvalue weighted by Gasteiger charge is 2.13. The Bertz CT molecular complexity index is 536. The van der Waals surface area contributed by atoms with Crippen molar-refractivity contribution in [1.82, 2.24) is 5.16 Å². The summed E-state index contributed by atoms with van der Waals surface area (Å²) in [5, 5.41) is 3.98. The molecule has 1 aromatic carbocycles. The number of aromatic nitrogens is 1. The lowest BCUT2D eigenvalue weighted by atomic mass is 10.1. The Morgan fingerprint density at radius 3 is 2.83 bits per heavy atom. The lowest BCUT2D eigenvalue weighted by Gasteiger charge is -2.03. The molecule has 2 N–H and O–H groups in total. The number of halogens is 1. The second-order valence-corrected chi connectivity index (χ2v) is 4.47. The molecule has 0 saturated carbocycles. The van der Waals surface area contributed by atoms with Crippen LogP contribution in [0.2, 0.25) is 0 Å². The van der Waals surface area contributed by atoms with Crippen molar-refractivity contribution in [3.63, 3.8) is 0 Å². The van der Waals surface area contributed by atoms with Crippen molar-refractivity contribution in [2.45, 2.75) is 32.7 Å². The lowest BCUT2D eigenvalue weighted by molar-refractivity contribution is 0.356. The SMILES string of the molecule is CCCC(N)c1cc(-c2ccc(F)c(C)c2)no1. The van der Waals surface area contributed by atoms with Crippen LogP contribution < -0.4 is 5.73 Å². The topological polar surface area (TPSA) is 52.0 Å². The molecular weight excluding hydrogens is 231 g/mol. The van der Waals surface area contributed by atoms with Crippen LogP contribution >= 0.6 is 0 Å². The summed E-state index contributed by atoms with van der Waals surface area (Å²) in [6.45, 7) is 3.79. The average molecular weight is 248 g/mol. The highest BCUT2D eigenvalue weighted by atomic mass is 19.1. The van der Waals surface area contributed by atoms with E-state index in [1.54, 1.807) is 19.1 Å². The van der Waals surface area contributed by atoms with Gasteiger partial charge in [-0.25, -0.2) is 4.39 Å². The zero-order chi connectivity index (χ0) is 13.1. The first-order chi connectivity index (χ1) is 8.61. The molecule has 0 radical (unpaired) electrons. The number of aryl methyl sites for hydroxylation is 1. The molecule has 1 aromatic heterocycles. The molecule has 0 aliphatic carbocycles. The quantitative estimate of drug-likeness (QED) is 0.899. The molecule has 1 atom stereocenters. The fraction of sp³-hybridized carbons (Fsp3) is 0.357. The minimum absolute atomic E-state index is 0.127. The molecule has 3 nitrogen and oxygen atoms in total. The van der Waals surface area contributed by atoms with Crippen molar-refractivity contribution in [3.8, 4) is 11.3 Å². The number of rotatable bonds is 4. The van der Waals surface area contributed by atoms with Crippen molar-refractivity contribution in [2.24, 2.45) is 5.73 Å². The van der Waals surface area contributed by atoms with Crippen molar-refractivity contribution in [1.29, 1.82) is 0 Å². The molecule has 0 saturated heterocycles. The Labute approximate surface area is 106 Å². The Kier molecular flexibility index (Phi) is 3.77. The zero-order valence-corrected chi connectivity index (χ0v) is 10.6. The molecule has 18 heavy (non-hydrogen) atoms. The van der Waals surface area contributed by atoms with E-state index in [0.29, 0.717) is 17.0 Å². The zero-order valence-electron chi connectivity index (χ0n) is 10.6. The van der Waals surface area contributed by atoms with Crippen LogP contribution in [-0.2, 0) is 0 Å². The van der Waals surface area contributed by atoms with Crippen molar-refractivity contribution in [3.05, 3.63) is 41.4 Å². The molecular formula is C14H17FN2O. The van der Waals surface area contributed by atoms with Gasteiger partial charge < -0.3 is 10.3 Å². The molecule has 96 valence electrons. The predicted molar refractivity (Wildman–Crippen MR) is 68.5 cm³/mol. The molecule has 0 bridgehead atoms. The van der Waals surface area contributed by atoms with Gasteiger partial charge in [0.15, 0.2) is 5.76 Å². The second kappa shape index (κ2) is 5.31. The Hall–Kier alpha value is -1.68. The number of benzene rings is 1. The third-order valence-electron chi connectivity index (χ3n) is 2.95. The van der Waals surface area contributed by atoms with Crippen LogP contribution in [0.1, 0.15) is 37.1 Å². The smallest absolute Gasteiger partial charge is 0.154 e. The molecule has 2 aromatic rings. The van der Waals surface area contributed by atoms with E-state index < -0.39 is 0 Å². The predicted octanol–water partition coefficient (Wildman–Crippen LogP) is 3.59. The van der Waals surface area contributed by atoms with Crippen LogP contribution in [0.25, 0.3) is 11.3 Å². The summed E-state index contributed by atoms with van der Waals surface area (Å²) in [6, 6.07) is 6.58. The maximum Gasteiger partial charge on any atom is 0.154 e. The Balaban J connectivity index is 2.26. The van der Waals surface area contributed by atoms with Crippen LogP contribution in [-0.4, -0.2) is 5.16 Å². The van der Waals surface area contributed by atoms with Gasteiger partial charge in [0.1, 0.15) is 11.5 Å². The maximum absolute atomic E-state index is 13.2. The maximum atomic E-state index is 13.2. The largest absolute Gasteiger partial charge is 0.359 e. The monoisotopic (exact) mass is 248 g/mol. The minimum atomic E-state index is -0.217. The summed E-state index contributed by atoms with van der Waals surface area (Å²) >= 11 is 0. The molecule has 2 rings (SSSR count). The van der Waals surface area contributed by atoms with E-state index in [-0.39, 0.29) is 11.9 Å². The van der Waals surface area contributed by atoms with E-state index in [9.17, 15) is 4.39 Å². The molecule has 0 spiro atoms. The standard InChI is InChI=1S/C14H17FN2O/c1-3-4-12(16)14-8-13(17-18-14)10-5-6-11(15)9(2)7-10/h5-8,12H,3-4,16H2,1-2H3. The summed E-state index contributed by atoms with van der Waals surface area (Å²) in [6.07, 6.45) is 1.85. The normalized spacial score (nSPS) is 12.7. The van der Waals surface area contributed by atoms with E-state index in [4.69, 9.17) is 10.3 Å². The summed E-state index contributed by atoms with van der Waals surface area (Å²) in [5.74, 6) is 0.457. The van der Waals surface area contributed by atoms with Gasteiger partial charge in [0.05, 0.1) is 6.04 Å². The molecule has 1 unspecified atom stereocenters. The fourth-order valence-electron chi connectivity index (χ4n) is 1.86. The first-order valence-corrected chi connectivity index (χ1v) is 6.10. The molecule has 4 heteroatoms. The van der Waals surface area contributed by atoms with Gasteiger partial charge in [0.25, 0.3) is 0 Å². The Morgan fingerprint density at radius 1 is 1.39 bits per heavy atom. The minimum Gasteiger partial charge on any atom is -0.359 e. The van der Waals surface area contributed by atoms with Crippen LogP contribution in [0.5, 0.6) is 0 Å². The van der Waals surface area contributed by atoms with Gasteiger partial charge in [-0.2, -0.15) is 0 Å². The number of hydrogen-bond donors (Lipinski definition) is 1. The fourth-order valence-corrected chi connectivity index (χ4v) is 1.86. The van der Waals surface area contributed by atoms with Crippen molar-refractivity contribution in [2.75, 3.05) is 0 Å². The van der Waals surface area contributed by atoms with Crippen LogP contribution in [0.4, 0.5) is 4.39 Å². The van der Waals surface area contributed by atoms with E-state index >= 15 is 0 Å². The van der Waals surface area contributed by atoms with Gasteiger partial charge >= 0.3 is 0 Å². The number of nitrogens with two attached hydrogens (primary N) is 1. The van der Waals surface area contributed by atoms with Gasteiger partial charge in [-0.05, 0) is 37.1 Å². The van der Waals surface area contributed by atoms with Crippen LogP contribution in [0, 0.1) is 12.7 Å². The molecule has 0 aliphatic heterocycles. The second-order valence-electron chi connectivity index (χ2n) is 4.47. The highest BCUT2D eigenvalue weighted by molar-refractivity contribution is 5.60. The summed E-state index contributed by atoms with van der Waals surface area (Å²) in [4.78, 5) is 0. The summed E-state index contributed by atoms with van der Waals surface area (Å²) in [5.41, 5.74) is 8.08. The van der Waals surface area contributed by atoms with Crippen LogP contribution in [0.3, 0.4) is 0 Å². The number of hydrogen-bond acceptors (Lipinski definition) is 3. The highest BCUT2D eigenvalue weighted by Crippen LogP contribution is 2.24. The van der Waals surface area contributed by atoms with E-state index in [1.807, 2.05) is 6.07 Å². The van der Waals surface area contributed by atoms with Gasteiger partial charge in [-0.15, -0.1) is 0 Å². The van der Waals surface area contributed by atoms with Gasteiger partial charge in [-0.3, -0.25) is 0 Å². The molecule has 0 amide bonds. The average Bonchev–Trinajstić information content (AvgIpc) is 2.82. The van der Waals surface area contributed by atoms with Crippen LogP contribution in [0.15, 0.2) is 28.8 Å². The summed E-state index contributed by atoms with van der Waals surface area (Å²) < 4.78 is 18.4. The van der Waals surface area contributed by atoms with Gasteiger partial charge in [-0.1, -0.05) is 18.5 Å². The number of nitrogens with zero attached hydrogens (tertiary/aromatic N) is 1. The first-order valence-electron chi connectivity index (χ1n) is 6.10.